The van der Waals surface area contributed by atoms with Crippen molar-refractivity contribution in [3.8, 4) is 17.1 Å². The van der Waals surface area contributed by atoms with Crippen molar-refractivity contribution in [1.29, 1.82) is 0 Å². The molecule has 2 aromatic rings. The minimum Gasteiger partial charge on any atom is -0.496 e. The highest BCUT2D eigenvalue weighted by atomic mass is 16.5. The largest absolute Gasteiger partial charge is 0.496 e. The molecule has 0 aliphatic heterocycles. The Hall–Kier alpha value is -1.81. The van der Waals surface area contributed by atoms with Gasteiger partial charge in [-0.15, -0.1) is 0 Å². The van der Waals surface area contributed by atoms with E-state index in [4.69, 9.17) is 14.9 Å². The van der Waals surface area contributed by atoms with Crippen molar-refractivity contribution in [3.63, 3.8) is 0 Å². The molecule has 0 atom stereocenters. The average Bonchev–Trinajstić information content (AvgIpc) is 2.86. The van der Waals surface area contributed by atoms with Crippen molar-refractivity contribution in [1.82, 2.24) is 4.98 Å². The smallest absolute Gasteiger partial charge is 0.208 e. The zero-order valence-corrected chi connectivity index (χ0v) is 10.9. The minimum atomic E-state index is 0.298. The third-order valence-electron chi connectivity index (χ3n) is 2.89. The Labute approximate surface area is 107 Å². The van der Waals surface area contributed by atoms with E-state index >= 15 is 0 Å². The van der Waals surface area contributed by atoms with Gasteiger partial charge in [-0.25, -0.2) is 4.98 Å². The van der Waals surface area contributed by atoms with Gasteiger partial charge in [-0.05, 0) is 23.6 Å². The Kier molecular flexibility index (Phi) is 3.67. The van der Waals surface area contributed by atoms with Crippen LogP contribution in [0, 0.1) is 0 Å². The van der Waals surface area contributed by atoms with Crippen molar-refractivity contribution in [3.05, 3.63) is 35.9 Å². The summed E-state index contributed by atoms with van der Waals surface area (Å²) < 4.78 is 11.0. The van der Waals surface area contributed by atoms with Crippen LogP contribution in [0.1, 0.15) is 31.2 Å². The average molecular weight is 246 g/mol. The van der Waals surface area contributed by atoms with Gasteiger partial charge in [0.25, 0.3) is 0 Å². The summed E-state index contributed by atoms with van der Waals surface area (Å²) in [7, 11) is 1.66. The third-order valence-corrected chi connectivity index (χ3v) is 2.89. The molecular weight excluding hydrogens is 228 g/mol. The number of ether oxygens (including phenoxy) is 1. The summed E-state index contributed by atoms with van der Waals surface area (Å²) in [6.07, 6.45) is 1.68. The SMILES string of the molecule is COc1cc(C(C)C)ccc1-c1cnc(CN)o1. The molecule has 1 aromatic carbocycles. The van der Waals surface area contributed by atoms with Crippen molar-refractivity contribution in [2.45, 2.75) is 26.3 Å². The number of nitrogens with zero attached hydrogens (tertiary/aromatic N) is 1. The zero-order chi connectivity index (χ0) is 13.1. The maximum atomic E-state index is 5.55. The molecule has 18 heavy (non-hydrogen) atoms. The number of oxazole rings is 1. The Balaban J connectivity index is 2.44. The predicted octanol–water partition coefficient (Wildman–Crippen LogP) is 2.93. The molecule has 0 unspecified atom stereocenters. The summed E-state index contributed by atoms with van der Waals surface area (Å²) in [4.78, 5) is 4.10. The van der Waals surface area contributed by atoms with Gasteiger partial charge in [-0.3, -0.25) is 0 Å². The van der Waals surface area contributed by atoms with E-state index in [-0.39, 0.29) is 0 Å². The molecule has 96 valence electrons. The first-order valence-corrected chi connectivity index (χ1v) is 5.98. The van der Waals surface area contributed by atoms with Crippen molar-refractivity contribution in [2.24, 2.45) is 5.73 Å². The van der Waals surface area contributed by atoms with Crippen LogP contribution in [0.2, 0.25) is 0 Å². The van der Waals surface area contributed by atoms with E-state index in [1.807, 2.05) is 12.1 Å². The van der Waals surface area contributed by atoms with Gasteiger partial charge < -0.3 is 14.9 Å². The molecule has 4 heteroatoms. The van der Waals surface area contributed by atoms with Gasteiger partial charge in [0.1, 0.15) is 5.75 Å². The van der Waals surface area contributed by atoms with Crippen LogP contribution < -0.4 is 10.5 Å². The van der Waals surface area contributed by atoms with Crippen molar-refractivity contribution in [2.75, 3.05) is 7.11 Å². The van der Waals surface area contributed by atoms with Gasteiger partial charge in [-0.2, -0.15) is 0 Å². The Morgan fingerprint density at radius 2 is 2.17 bits per heavy atom. The molecule has 1 heterocycles. The van der Waals surface area contributed by atoms with Gasteiger partial charge >= 0.3 is 0 Å². The first kappa shape index (κ1) is 12.6. The quantitative estimate of drug-likeness (QED) is 0.901. The highest BCUT2D eigenvalue weighted by Gasteiger charge is 2.12. The number of aromatic nitrogens is 1. The number of nitrogens with two attached hydrogens (primary N) is 1. The number of methoxy groups -OCH3 is 1. The fourth-order valence-corrected chi connectivity index (χ4v) is 1.80. The molecule has 0 spiro atoms. The minimum absolute atomic E-state index is 0.298. The van der Waals surface area contributed by atoms with E-state index < -0.39 is 0 Å². The van der Waals surface area contributed by atoms with Crippen LogP contribution in [0.25, 0.3) is 11.3 Å². The molecule has 4 nitrogen and oxygen atoms in total. The zero-order valence-electron chi connectivity index (χ0n) is 10.9. The maximum absolute atomic E-state index is 5.55. The van der Waals surface area contributed by atoms with Gasteiger partial charge in [0.2, 0.25) is 5.89 Å². The van der Waals surface area contributed by atoms with E-state index in [1.54, 1.807) is 13.3 Å². The van der Waals surface area contributed by atoms with E-state index in [1.165, 1.54) is 5.56 Å². The summed E-state index contributed by atoms with van der Waals surface area (Å²) >= 11 is 0. The molecule has 0 radical (unpaired) electrons. The Morgan fingerprint density at radius 3 is 2.72 bits per heavy atom. The Morgan fingerprint density at radius 1 is 1.39 bits per heavy atom. The van der Waals surface area contributed by atoms with E-state index in [9.17, 15) is 0 Å². The molecule has 2 rings (SSSR count). The highest BCUT2D eigenvalue weighted by molar-refractivity contribution is 5.66. The van der Waals surface area contributed by atoms with Gasteiger partial charge in [0, 0.05) is 0 Å². The topological polar surface area (TPSA) is 61.3 Å². The summed E-state index contributed by atoms with van der Waals surface area (Å²) in [5.74, 6) is 2.46. The highest BCUT2D eigenvalue weighted by Crippen LogP contribution is 2.33. The van der Waals surface area contributed by atoms with Crippen molar-refractivity contribution >= 4 is 0 Å². The first-order chi connectivity index (χ1) is 8.65. The summed E-state index contributed by atoms with van der Waals surface area (Å²) in [5, 5.41) is 0. The lowest BCUT2D eigenvalue weighted by Crippen LogP contribution is -1.95. The molecule has 0 amide bonds. The van der Waals surface area contributed by atoms with Gasteiger partial charge in [0.15, 0.2) is 5.76 Å². The van der Waals surface area contributed by atoms with E-state index in [0.29, 0.717) is 24.1 Å². The lowest BCUT2D eigenvalue weighted by atomic mass is 10.0. The van der Waals surface area contributed by atoms with Crippen LogP contribution >= 0.6 is 0 Å². The number of hydrogen-bond acceptors (Lipinski definition) is 4. The molecule has 0 bridgehead atoms. The molecular formula is C14H18N2O2. The summed E-state index contributed by atoms with van der Waals surface area (Å²) in [5.41, 5.74) is 7.62. The normalized spacial score (nSPS) is 10.9. The van der Waals surface area contributed by atoms with Crippen LogP contribution in [0.5, 0.6) is 5.75 Å². The maximum Gasteiger partial charge on any atom is 0.208 e. The fraction of sp³-hybridized carbons (Fsp3) is 0.357. The fourth-order valence-electron chi connectivity index (χ4n) is 1.80. The molecule has 2 N–H and O–H groups in total. The van der Waals surface area contributed by atoms with Crippen LogP contribution in [0.4, 0.5) is 0 Å². The number of benzene rings is 1. The third kappa shape index (κ3) is 2.38. The molecule has 0 saturated heterocycles. The van der Waals surface area contributed by atoms with E-state index in [0.717, 1.165) is 11.3 Å². The van der Waals surface area contributed by atoms with Crippen LogP contribution in [-0.4, -0.2) is 12.1 Å². The second kappa shape index (κ2) is 5.23. The lowest BCUT2D eigenvalue weighted by Gasteiger charge is -2.10. The summed E-state index contributed by atoms with van der Waals surface area (Å²) in [6, 6.07) is 6.10. The second-order valence-electron chi connectivity index (χ2n) is 4.44. The predicted molar refractivity (Wildman–Crippen MR) is 70.5 cm³/mol. The summed E-state index contributed by atoms with van der Waals surface area (Å²) in [6.45, 7) is 4.59. The Bertz CT molecular complexity index is 532. The molecule has 0 aliphatic carbocycles. The molecule has 0 saturated carbocycles. The first-order valence-electron chi connectivity index (χ1n) is 5.98. The van der Waals surface area contributed by atoms with Gasteiger partial charge in [0.05, 0.1) is 25.4 Å². The number of rotatable bonds is 4. The van der Waals surface area contributed by atoms with Crippen LogP contribution in [0.15, 0.2) is 28.8 Å². The van der Waals surface area contributed by atoms with Crippen LogP contribution in [0.3, 0.4) is 0 Å². The van der Waals surface area contributed by atoms with Crippen molar-refractivity contribution < 1.29 is 9.15 Å². The molecule has 0 fully saturated rings. The monoisotopic (exact) mass is 246 g/mol. The standard InChI is InChI=1S/C14H18N2O2/c1-9(2)10-4-5-11(12(6-10)17-3)13-8-16-14(7-15)18-13/h4-6,8-9H,7,15H2,1-3H3. The van der Waals surface area contributed by atoms with Gasteiger partial charge in [-0.1, -0.05) is 19.9 Å². The number of hydrogen-bond donors (Lipinski definition) is 1. The molecule has 1 aromatic heterocycles. The van der Waals surface area contributed by atoms with Crippen LogP contribution in [-0.2, 0) is 6.54 Å². The second-order valence-corrected chi connectivity index (χ2v) is 4.44. The molecule has 0 aliphatic rings. The van der Waals surface area contributed by atoms with E-state index in [2.05, 4.69) is 24.9 Å². The lowest BCUT2D eigenvalue weighted by molar-refractivity contribution is 0.413.